The SMILES string of the molecule is N#Cc1ccc(C(=O)OCC(=O)NCCc2ccc(S(N)(=O)=O)cc2)cc1. The lowest BCUT2D eigenvalue weighted by Gasteiger charge is -2.07. The topological polar surface area (TPSA) is 139 Å². The number of primary sulfonamides is 1. The second kappa shape index (κ2) is 8.93. The molecule has 0 saturated heterocycles. The third-order valence-corrected chi connectivity index (χ3v) is 4.50. The first-order chi connectivity index (χ1) is 12.8. The number of sulfonamides is 1. The monoisotopic (exact) mass is 387 g/mol. The van der Waals surface area contributed by atoms with E-state index in [2.05, 4.69) is 5.32 Å². The van der Waals surface area contributed by atoms with E-state index in [1.165, 1.54) is 36.4 Å². The highest BCUT2D eigenvalue weighted by Gasteiger charge is 2.10. The van der Waals surface area contributed by atoms with Crippen LogP contribution in [0.1, 0.15) is 21.5 Å². The van der Waals surface area contributed by atoms with Gasteiger partial charge in [-0.2, -0.15) is 5.26 Å². The van der Waals surface area contributed by atoms with Gasteiger partial charge in [0.15, 0.2) is 6.61 Å². The van der Waals surface area contributed by atoms with Gasteiger partial charge in [0, 0.05) is 6.54 Å². The number of hydrogen-bond donors (Lipinski definition) is 2. The summed E-state index contributed by atoms with van der Waals surface area (Å²) in [4.78, 5) is 23.6. The lowest BCUT2D eigenvalue weighted by atomic mass is 10.1. The third-order valence-electron chi connectivity index (χ3n) is 3.57. The van der Waals surface area contributed by atoms with Crippen LogP contribution in [0.25, 0.3) is 0 Å². The van der Waals surface area contributed by atoms with E-state index in [9.17, 15) is 18.0 Å². The zero-order valence-corrected chi connectivity index (χ0v) is 15.0. The number of nitrogens with one attached hydrogen (secondary N) is 1. The molecule has 9 heteroatoms. The molecular formula is C18H17N3O5S. The predicted molar refractivity (Wildman–Crippen MR) is 96.0 cm³/mol. The number of esters is 1. The Morgan fingerprint density at radius 2 is 1.70 bits per heavy atom. The van der Waals surface area contributed by atoms with Crippen molar-refractivity contribution in [3.05, 3.63) is 65.2 Å². The quantitative estimate of drug-likeness (QED) is 0.671. The highest BCUT2D eigenvalue weighted by molar-refractivity contribution is 7.89. The molecule has 0 spiro atoms. The minimum absolute atomic E-state index is 0.0185. The van der Waals surface area contributed by atoms with Crippen molar-refractivity contribution in [1.82, 2.24) is 5.32 Å². The number of nitriles is 1. The second-order valence-corrected chi connectivity index (χ2v) is 7.12. The summed E-state index contributed by atoms with van der Waals surface area (Å²) in [6.45, 7) is -0.134. The highest BCUT2D eigenvalue weighted by Crippen LogP contribution is 2.09. The van der Waals surface area contributed by atoms with Crippen LogP contribution in [0.5, 0.6) is 0 Å². The maximum atomic E-state index is 11.8. The summed E-state index contributed by atoms with van der Waals surface area (Å²) in [5.41, 5.74) is 1.48. The Morgan fingerprint density at radius 1 is 1.07 bits per heavy atom. The van der Waals surface area contributed by atoms with Gasteiger partial charge >= 0.3 is 5.97 Å². The average molecular weight is 387 g/mol. The third kappa shape index (κ3) is 6.22. The van der Waals surface area contributed by atoms with E-state index < -0.39 is 28.5 Å². The molecule has 2 rings (SSSR count). The van der Waals surface area contributed by atoms with Crippen LogP contribution in [0.4, 0.5) is 0 Å². The molecule has 27 heavy (non-hydrogen) atoms. The number of hydrogen-bond acceptors (Lipinski definition) is 6. The molecule has 0 heterocycles. The van der Waals surface area contributed by atoms with Crippen LogP contribution in [0.2, 0.25) is 0 Å². The summed E-state index contributed by atoms with van der Waals surface area (Å²) in [6, 6.07) is 13.8. The summed E-state index contributed by atoms with van der Waals surface area (Å²) in [7, 11) is -3.73. The van der Waals surface area contributed by atoms with E-state index in [0.717, 1.165) is 5.56 Å². The molecule has 0 aliphatic heterocycles. The standard InChI is InChI=1S/C18H17N3O5S/c19-11-14-1-5-15(6-2-14)18(23)26-12-17(22)21-10-9-13-3-7-16(8-4-13)27(20,24)25/h1-8H,9-10,12H2,(H,21,22)(H2,20,24,25). The first-order valence-corrected chi connectivity index (χ1v) is 9.40. The van der Waals surface area contributed by atoms with Crippen molar-refractivity contribution in [2.75, 3.05) is 13.2 Å². The van der Waals surface area contributed by atoms with Crippen molar-refractivity contribution in [2.24, 2.45) is 5.14 Å². The van der Waals surface area contributed by atoms with Crippen molar-refractivity contribution in [2.45, 2.75) is 11.3 Å². The molecule has 2 aromatic rings. The summed E-state index contributed by atoms with van der Waals surface area (Å²) < 4.78 is 27.3. The molecule has 0 atom stereocenters. The van der Waals surface area contributed by atoms with Crippen LogP contribution in [-0.4, -0.2) is 33.4 Å². The van der Waals surface area contributed by atoms with Crippen molar-refractivity contribution >= 4 is 21.9 Å². The van der Waals surface area contributed by atoms with Crippen LogP contribution in [-0.2, 0) is 26.0 Å². The van der Waals surface area contributed by atoms with Gasteiger partial charge in [-0.25, -0.2) is 18.4 Å². The first-order valence-electron chi connectivity index (χ1n) is 7.85. The van der Waals surface area contributed by atoms with Crippen LogP contribution < -0.4 is 10.5 Å². The molecule has 0 bridgehead atoms. The number of nitrogens with zero attached hydrogens (tertiary/aromatic N) is 1. The van der Waals surface area contributed by atoms with Crippen molar-refractivity contribution in [1.29, 1.82) is 5.26 Å². The Kier molecular flexibility index (Phi) is 6.65. The van der Waals surface area contributed by atoms with E-state index in [0.29, 0.717) is 18.5 Å². The van der Waals surface area contributed by atoms with Crippen LogP contribution in [0.15, 0.2) is 53.4 Å². The van der Waals surface area contributed by atoms with Crippen LogP contribution in [0, 0.1) is 11.3 Å². The van der Waals surface area contributed by atoms with Gasteiger partial charge in [0.1, 0.15) is 0 Å². The fraction of sp³-hybridized carbons (Fsp3) is 0.167. The zero-order valence-electron chi connectivity index (χ0n) is 14.2. The molecule has 0 aliphatic rings. The lowest BCUT2D eigenvalue weighted by Crippen LogP contribution is -2.30. The Hall–Kier alpha value is -3.22. The number of nitrogens with two attached hydrogens (primary N) is 1. The van der Waals surface area contributed by atoms with Gasteiger partial charge in [-0.15, -0.1) is 0 Å². The Bertz CT molecular complexity index is 962. The smallest absolute Gasteiger partial charge is 0.338 e. The highest BCUT2D eigenvalue weighted by atomic mass is 32.2. The van der Waals surface area contributed by atoms with E-state index in [1.807, 2.05) is 6.07 Å². The average Bonchev–Trinajstić information content (AvgIpc) is 2.66. The minimum Gasteiger partial charge on any atom is -0.452 e. The lowest BCUT2D eigenvalue weighted by molar-refractivity contribution is -0.124. The molecule has 0 unspecified atom stereocenters. The second-order valence-electron chi connectivity index (χ2n) is 5.55. The molecule has 0 aromatic heterocycles. The van der Waals surface area contributed by atoms with Crippen molar-refractivity contribution < 1.29 is 22.7 Å². The predicted octanol–water partition coefficient (Wildman–Crippen LogP) is 0.721. The summed E-state index contributed by atoms with van der Waals surface area (Å²) in [6.07, 6.45) is 0.472. The summed E-state index contributed by atoms with van der Waals surface area (Å²) in [5.74, 6) is -1.12. The molecule has 1 amide bonds. The molecule has 2 aromatic carbocycles. The molecule has 3 N–H and O–H groups in total. The number of rotatable bonds is 7. The van der Waals surface area contributed by atoms with Crippen LogP contribution in [0.3, 0.4) is 0 Å². The molecule has 0 aliphatic carbocycles. The van der Waals surface area contributed by atoms with E-state index in [4.69, 9.17) is 15.1 Å². The number of ether oxygens (including phenoxy) is 1. The summed E-state index contributed by atoms with van der Waals surface area (Å²) >= 11 is 0. The summed E-state index contributed by atoms with van der Waals surface area (Å²) in [5, 5.41) is 16.3. The normalized spacial score (nSPS) is 10.7. The first kappa shape index (κ1) is 20.1. The number of amides is 1. The largest absolute Gasteiger partial charge is 0.452 e. The van der Waals surface area contributed by atoms with Gasteiger partial charge in [0.05, 0.1) is 22.1 Å². The molecule has 8 nitrogen and oxygen atoms in total. The number of benzene rings is 2. The van der Waals surface area contributed by atoms with Crippen molar-refractivity contribution in [3.8, 4) is 6.07 Å². The van der Waals surface area contributed by atoms with Gasteiger partial charge in [-0.05, 0) is 48.4 Å². The Labute approximate surface area is 156 Å². The van der Waals surface area contributed by atoms with Gasteiger partial charge in [0.25, 0.3) is 5.91 Å². The number of carbonyl (C=O) groups excluding carboxylic acids is 2. The minimum atomic E-state index is -3.73. The number of carbonyl (C=O) groups is 2. The fourth-order valence-corrected chi connectivity index (χ4v) is 2.65. The molecule has 0 saturated carbocycles. The molecule has 0 fully saturated rings. The van der Waals surface area contributed by atoms with Gasteiger partial charge in [-0.1, -0.05) is 12.1 Å². The van der Waals surface area contributed by atoms with Crippen LogP contribution >= 0.6 is 0 Å². The van der Waals surface area contributed by atoms with Gasteiger partial charge < -0.3 is 10.1 Å². The fourth-order valence-electron chi connectivity index (χ4n) is 2.14. The molecule has 0 radical (unpaired) electrons. The zero-order chi connectivity index (χ0) is 19.9. The Balaban J connectivity index is 1.74. The Morgan fingerprint density at radius 3 is 2.26 bits per heavy atom. The molecule has 140 valence electrons. The van der Waals surface area contributed by atoms with E-state index >= 15 is 0 Å². The molecular weight excluding hydrogens is 370 g/mol. The van der Waals surface area contributed by atoms with Gasteiger partial charge in [0.2, 0.25) is 10.0 Å². The maximum Gasteiger partial charge on any atom is 0.338 e. The van der Waals surface area contributed by atoms with Gasteiger partial charge in [-0.3, -0.25) is 4.79 Å². The van der Waals surface area contributed by atoms with E-state index in [1.54, 1.807) is 12.1 Å². The van der Waals surface area contributed by atoms with E-state index in [-0.39, 0.29) is 10.5 Å². The van der Waals surface area contributed by atoms with Crippen molar-refractivity contribution in [3.63, 3.8) is 0 Å². The maximum absolute atomic E-state index is 11.8.